The van der Waals surface area contributed by atoms with Crippen molar-refractivity contribution in [1.82, 2.24) is 0 Å². The van der Waals surface area contributed by atoms with E-state index in [0.717, 1.165) is 24.3 Å². The van der Waals surface area contributed by atoms with E-state index >= 15 is 0 Å². The fourth-order valence-electron chi connectivity index (χ4n) is 2.90. The van der Waals surface area contributed by atoms with Crippen LogP contribution in [0, 0.1) is 0 Å². The van der Waals surface area contributed by atoms with Gasteiger partial charge in [0.25, 0.3) is 0 Å². The summed E-state index contributed by atoms with van der Waals surface area (Å²) >= 11 is 5.87. The van der Waals surface area contributed by atoms with Gasteiger partial charge in [0, 0.05) is 18.8 Å². The smallest absolute Gasteiger partial charge is 0.337 e. The molecule has 148 valence electrons. The predicted molar refractivity (Wildman–Crippen MR) is 119 cm³/mol. The van der Waals surface area contributed by atoms with Crippen molar-refractivity contribution < 1.29 is 9.90 Å². The molecule has 0 saturated carbocycles. The molecule has 3 aromatic carbocycles. The Labute approximate surface area is 175 Å². The van der Waals surface area contributed by atoms with Crippen molar-refractivity contribution in [2.75, 3.05) is 16.9 Å². The Hall–Kier alpha value is -3.31. The number of halogens is 1. The number of hydrogen-bond acceptors (Lipinski definition) is 4. The van der Waals surface area contributed by atoms with Crippen LogP contribution in [0.15, 0.2) is 77.9 Å². The zero-order valence-corrected chi connectivity index (χ0v) is 16.8. The van der Waals surface area contributed by atoms with Gasteiger partial charge in [-0.15, -0.1) is 0 Å². The van der Waals surface area contributed by atoms with E-state index < -0.39 is 5.97 Å². The summed E-state index contributed by atoms with van der Waals surface area (Å²) in [5, 5.41) is 13.5. The first kappa shape index (κ1) is 20.4. The number of carbonyl (C=O) groups is 1. The Balaban J connectivity index is 1.64. The third-order valence-electron chi connectivity index (χ3n) is 4.46. The molecule has 0 radical (unpaired) electrons. The zero-order valence-electron chi connectivity index (χ0n) is 16.0. The van der Waals surface area contributed by atoms with Crippen LogP contribution in [-0.2, 0) is 6.54 Å². The summed E-state index contributed by atoms with van der Waals surface area (Å²) in [5.41, 5.74) is 6.78. The summed E-state index contributed by atoms with van der Waals surface area (Å²) in [6, 6.07) is 23.2. The molecule has 0 spiro atoms. The van der Waals surface area contributed by atoms with E-state index in [0.29, 0.717) is 5.69 Å². The van der Waals surface area contributed by atoms with Gasteiger partial charge in [0.05, 0.1) is 22.5 Å². The third kappa shape index (κ3) is 5.59. The molecule has 0 bridgehead atoms. The molecule has 0 amide bonds. The number of rotatable bonds is 8. The van der Waals surface area contributed by atoms with Crippen molar-refractivity contribution in [3.05, 3.63) is 94.5 Å². The molecule has 0 atom stereocenters. The first-order valence-corrected chi connectivity index (χ1v) is 9.65. The van der Waals surface area contributed by atoms with Crippen molar-refractivity contribution in [3.63, 3.8) is 0 Å². The third-order valence-corrected chi connectivity index (χ3v) is 4.79. The number of hydrogen-bond donors (Lipinski definition) is 2. The number of carboxylic acid groups (broad SMARTS) is 1. The second-order valence-corrected chi connectivity index (χ2v) is 6.87. The molecule has 0 saturated heterocycles. The van der Waals surface area contributed by atoms with Gasteiger partial charge in [0.1, 0.15) is 0 Å². The Morgan fingerprint density at radius 3 is 2.48 bits per heavy atom. The molecular formula is C23H22ClN3O2. The van der Waals surface area contributed by atoms with Crippen LogP contribution in [0.2, 0.25) is 5.02 Å². The number of benzene rings is 3. The Morgan fingerprint density at radius 1 is 1.10 bits per heavy atom. The van der Waals surface area contributed by atoms with Gasteiger partial charge < -0.3 is 10.0 Å². The average molecular weight is 408 g/mol. The lowest BCUT2D eigenvalue weighted by Crippen LogP contribution is -2.21. The van der Waals surface area contributed by atoms with Crippen molar-refractivity contribution in [2.45, 2.75) is 13.5 Å². The van der Waals surface area contributed by atoms with Crippen molar-refractivity contribution in [2.24, 2.45) is 5.10 Å². The van der Waals surface area contributed by atoms with Gasteiger partial charge in [-0.25, -0.2) is 4.79 Å². The van der Waals surface area contributed by atoms with Gasteiger partial charge in [-0.3, -0.25) is 5.43 Å². The van der Waals surface area contributed by atoms with Gasteiger partial charge in [0.15, 0.2) is 0 Å². The highest BCUT2D eigenvalue weighted by atomic mass is 35.5. The van der Waals surface area contributed by atoms with E-state index in [9.17, 15) is 4.79 Å². The maximum Gasteiger partial charge on any atom is 0.337 e. The number of nitrogens with zero attached hydrogens (tertiary/aromatic N) is 2. The van der Waals surface area contributed by atoms with Crippen molar-refractivity contribution in [3.8, 4) is 0 Å². The molecule has 5 nitrogen and oxygen atoms in total. The molecule has 0 aliphatic heterocycles. The molecule has 0 aromatic heterocycles. The minimum atomic E-state index is -1.07. The van der Waals surface area contributed by atoms with Gasteiger partial charge >= 0.3 is 5.97 Å². The second kappa shape index (κ2) is 9.75. The molecule has 0 aliphatic rings. The standard InChI is InChI=1S/C23H22ClN3O2/c1-2-27(16-18-6-4-3-5-7-18)20-11-8-17(9-12-20)15-25-26-19-10-13-22(24)21(14-19)23(28)29/h3-15,26H,2,16H2,1H3,(H,28,29). The molecule has 29 heavy (non-hydrogen) atoms. The van der Waals surface area contributed by atoms with E-state index in [-0.39, 0.29) is 10.6 Å². The van der Waals surface area contributed by atoms with Gasteiger partial charge in [0.2, 0.25) is 0 Å². The fourth-order valence-corrected chi connectivity index (χ4v) is 3.10. The maximum absolute atomic E-state index is 11.1. The summed E-state index contributed by atoms with van der Waals surface area (Å²) in [6.07, 6.45) is 1.69. The van der Waals surface area contributed by atoms with Crippen LogP contribution in [0.5, 0.6) is 0 Å². The Morgan fingerprint density at radius 2 is 1.83 bits per heavy atom. The number of hydrazone groups is 1. The predicted octanol–water partition coefficient (Wildman–Crippen LogP) is 5.51. The van der Waals surface area contributed by atoms with Crippen LogP contribution in [-0.4, -0.2) is 23.8 Å². The van der Waals surface area contributed by atoms with E-state index in [1.165, 1.54) is 17.7 Å². The SMILES string of the molecule is CCN(Cc1ccccc1)c1ccc(C=NNc2ccc(Cl)c(C(=O)O)c2)cc1. The highest BCUT2D eigenvalue weighted by molar-refractivity contribution is 6.33. The van der Waals surface area contributed by atoms with Crippen LogP contribution in [0.1, 0.15) is 28.4 Å². The lowest BCUT2D eigenvalue weighted by Gasteiger charge is -2.23. The van der Waals surface area contributed by atoms with Crippen LogP contribution in [0.3, 0.4) is 0 Å². The van der Waals surface area contributed by atoms with E-state index in [2.05, 4.69) is 58.7 Å². The zero-order chi connectivity index (χ0) is 20.6. The summed E-state index contributed by atoms with van der Waals surface area (Å²) in [7, 11) is 0. The maximum atomic E-state index is 11.1. The van der Waals surface area contributed by atoms with Gasteiger partial charge in [-0.05, 0) is 48.4 Å². The molecule has 3 aromatic rings. The lowest BCUT2D eigenvalue weighted by atomic mass is 10.1. The average Bonchev–Trinajstić information content (AvgIpc) is 2.74. The number of aromatic carboxylic acids is 1. The summed E-state index contributed by atoms with van der Waals surface area (Å²) in [5.74, 6) is -1.07. The van der Waals surface area contributed by atoms with Gasteiger partial charge in [-0.2, -0.15) is 5.10 Å². The highest BCUT2D eigenvalue weighted by Crippen LogP contribution is 2.21. The highest BCUT2D eigenvalue weighted by Gasteiger charge is 2.09. The van der Waals surface area contributed by atoms with Crippen LogP contribution in [0.25, 0.3) is 0 Å². The monoisotopic (exact) mass is 407 g/mol. The molecule has 6 heteroatoms. The lowest BCUT2D eigenvalue weighted by molar-refractivity contribution is 0.0697. The van der Waals surface area contributed by atoms with E-state index in [4.69, 9.17) is 16.7 Å². The van der Waals surface area contributed by atoms with Crippen molar-refractivity contribution in [1.29, 1.82) is 0 Å². The van der Waals surface area contributed by atoms with E-state index in [1.807, 2.05) is 18.2 Å². The topological polar surface area (TPSA) is 64.9 Å². The quantitative estimate of drug-likeness (QED) is 0.381. The van der Waals surface area contributed by atoms with E-state index in [1.54, 1.807) is 12.3 Å². The summed E-state index contributed by atoms with van der Waals surface area (Å²) < 4.78 is 0. The Kier molecular flexibility index (Phi) is 6.87. The summed E-state index contributed by atoms with van der Waals surface area (Å²) in [6.45, 7) is 3.90. The first-order valence-electron chi connectivity index (χ1n) is 9.27. The minimum absolute atomic E-state index is 0.0364. The van der Waals surface area contributed by atoms with Crippen LogP contribution < -0.4 is 10.3 Å². The summed E-state index contributed by atoms with van der Waals surface area (Å²) in [4.78, 5) is 13.4. The fraction of sp³-hybridized carbons (Fsp3) is 0.130. The van der Waals surface area contributed by atoms with Crippen molar-refractivity contribution >= 4 is 35.2 Å². The number of anilines is 2. The van der Waals surface area contributed by atoms with Crippen LogP contribution in [0.4, 0.5) is 11.4 Å². The molecule has 0 aliphatic carbocycles. The second-order valence-electron chi connectivity index (χ2n) is 6.46. The van der Waals surface area contributed by atoms with Gasteiger partial charge in [-0.1, -0.05) is 54.1 Å². The Bertz CT molecular complexity index is 989. The number of nitrogens with one attached hydrogen (secondary N) is 1. The largest absolute Gasteiger partial charge is 0.478 e. The number of carboxylic acids is 1. The molecule has 2 N–H and O–H groups in total. The van der Waals surface area contributed by atoms with Crippen LogP contribution >= 0.6 is 11.6 Å². The molecular weight excluding hydrogens is 386 g/mol. The first-order chi connectivity index (χ1) is 14.1. The minimum Gasteiger partial charge on any atom is -0.478 e. The normalized spacial score (nSPS) is 10.8. The molecule has 0 unspecified atom stereocenters. The molecule has 0 heterocycles. The molecule has 0 fully saturated rings. The molecule has 3 rings (SSSR count).